The summed E-state index contributed by atoms with van der Waals surface area (Å²) >= 11 is 0. The average molecular weight is 400 g/mol. The van der Waals surface area contributed by atoms with Gasteiger partial charge in [0.1, 0.15) is 6.54 Å². The van der Waals surface area contributed by atoms with Crippen molar-refractivity contribution in [3.8, 4) is 11.3 Å². The molecule has 0 bridgehead atoms. The summed E-state index contributed by atoms with van der Waals surface area (Å²) in [5.41, 5.74) is 3.99. The fourth-order valence-corrected chi connectivity index (χ4v) is 3.28. The van der Waals surface area contributed by atoms with Crippen LogP contribution in [0.3, 0.4) is 0 Å². The third-order valence-corrected chi connectivity index (χ3v) is 4.76. The Hall–Kier alpha value is -4.27. The zero-order valence-corrected chi connectivity index (χ0v) is 15.9. The number of hydrogen-bond donors (Lipinski definition) is 1. The van der Waals surface area contributed by atoms with Gasteiger partial charge in [0.05, 0.1) is 11.2 Å². The lowest BCUT2D eigenvalue weighted by Gasteiger charge is -2.07. The van der Waals surface area contributed by atoms with Crippen LogP contribution in [0.5, 0.6) is 0 Å². The maximum Gasteiger partial charge on any atom is 0.420 e. The number of para-hydroxylation sites is 2. The van der Waals surface area contributed by atoms with Crippen molar-refractivity contribution in [3.63, 3.8) is 0 Å². The lowest BCUT2D eigenvalue weighted by Crippen LogP contribution is -2.24. The molecule has 0 saturated heterocycles. The number of aromatic nitrogens is 5. The molecule has 0 aliphatic heterocycles. The highest BCUT2D eigenvalue weighted by atomic mass is 16.4. The number of anilines is 1. The number of fused-ring (bicyclic) bond motifs is 2. The van der Waals surface area contributed by atoms with E-state index in [-0.39, 0.29) is 12.5 Å². The van der Waals surface area contributed by atoms with Gasteiger partial charge in [0, 0.05) is 11.3 Å². The van der Waals surface area contributed by atoms with Crippen LogP contribution in [0.2, 0.25) is 0 Å². The molecule has 5 rings (SSSR count). The van der Waals surface area contributed by atoms with Crippen LogP contribution in [-0.4, -0.2) is 30.3 Å². The number of hydrogen-bond acceptors (Lipinski definition) is 6. The van der Waals surface area contributed by atoms with E-state index in [0.717, 1.165) is 11.3 Å². The third kappa shape index (κ3) is 3.12. The molecule has 0 aliphatic rings. The number of oxazole rings is 1. The van der Waals surface area contributed by atoms with Crippen molar-refractivity contribution in [2.45, 2.75) is 13.5 Å². The second-order valence-electron chi connectivity index (χ2n) is 6.78. The fraction of sp³-hybridized carbons (Fsp3) is 0.0952. The standard InChI is InChI=1S/C21H16N6O3/c1-13-23-24-19-11-10-16(25-27(13)19)14-6-8-15(9-7-14)22-20(28)12-26-17-4-2-3-5-18(17)30-21(26)29/h2-11H,12H2,1H3,(H,22,28). The van der Waals surface area contributed by atoms with Crippen molar-refractivity contribution >= 4 is 28.3 Å². The van der Waals surface area contributed by atoms with E-state index >= 15 is 0 Å². The summed E-state index contributed by atoms with van der Waals surface area (Å²) in [5.74, 6) is -0.179. The maximum absolute atomic E-state index is 12.4. The van der Waals surface area contributed by atoms with Gasteiger partial charge < -0.3 is 9.73 Å². The first-order valence-electron chi connectivity index (χ1n) is 9.26. The fourth-order valence-electron chi connectivity index (χ4n) is 3.28. The van der Waals surface area contributed by atoms with Crippen LogP contribution in [0.25, 0.3) is 28.0 Å². The van der Waals surface area contributed by atoms with Crippen LogP contribution < -0.4 is 11.1 Å². The van der Waals surface area contributed by atoms with E-state index in [1.165, 1.54) is 4.57 Å². The highest BCUT2D eigenvalue weighted by molar-refractivity contribution is 5.91. The molecular formula is C21H16N6O3. The van der Waals surface area contributed by atoms with Gasteiger partial charge in [0.25, 0.3) is 0 Å². The van der Waals surface area contributed by atoms with Gasteiger partial charge in [0.2, 0.25) is 5.91 Å². The molecule has 0 fully saturated rings. The number of benzene rings is 2. The van der Waals surface area contributed by atoms with Crippen LogP contribution in [0, 0.1) is 6.92 Å². The molecular weight excluding hydrogens is 384 g/mol. The molecule has 9 heteroatoms. The molecule has 3 aromatic heterocycles. The Morgan fingerprint density at radius 1 is 1.03 bits per heavy atom. The van der Waals surface area contributed by atoms with Gasteiger partial charge in [-0.25, -0.2) is 4.79 Å². The molecule has 0 radical (unpaired) electrons. The second kappa shape index (κ2) is 6.96. The highest BCUT2D eigenvalue weighted by Crippen LogP contribution is 2.20. The van der Waals surface area contributed by atoms with E-state index in [0.29, 0.717) is 28.3 Å². The van der Waals surface area contributed by atoms with Crippen LogP contribution in [0.15, 0.2) is 69.9 Å². The minimum atomic E-state index is -0.563. The van der Waals surface area contributed by atoms with Gasteiger partial charge in [-0.3, -0.25) is 9.36 Å². The summed E-state index contributed by atoms with van der Waals surface area (Å²) in [7, 11) is 0. The van der Waals surface area contributed by atoms with Gasteiger partial charge in [-0.05, 0) is 43.3 Å². The molecule has 0 spiro atoms. The Morgan fingerprint density at radius 3 is 2.67 bits per heavy atom. The quantitative estimate of drug-likeness (QED) is 0.497. The van der Waals surface area contributed by atoms with Crippen LogP contribution in [-0.2, 0) is 11.3 Å². The van der Waals surface area contributed by atoms with E-state index < -0.39 is 5.76 Å². The summed E-state index contributed by atoms with van der Waals surface area (Å²) in [6.45, 7) is 1.70. The number of nitrogens with one attached hydrogen (secondary N) is 1. The maximum atomic E-state index is 12.4. The van der Waals surface area contributed by atoms with Crippen molar-refractivity contribution in [2.75, 3.05) is 5.32 Å². The van der Waals surface area contributed by atoms with Crippen molar-refractivity contribution in [2.24, 2.45) is 0 Å². The number of carbonyl (C=O) groups is 1. The summed E-state index contributed by atoms with van der Waals surface area (Å²) in [6.07, 6.45) is 0. The predicted octanol–water partition coefficient (Wildman–Crippen LogP) is 2.65. The summed E-state index contributed by atoms with van der Waals surface area (Å²) < 4.78 is 8.14. The number of rotatable bonds is 4. The lowest BCUT2D eigenvalue weighted by atomic mass is 10.1. The number of amides is 1. The Labute approximate surface area is 169 Å². The van der Waals surface area contributed by atoms with Gasteiger partial charge in [-0.2, -0.15) is 9.61 Å². The van der Waals surface area contributed by atoms with Crippen molar-refractivity contribution in [1.29, 1.82) is 0 Å². The molecule has 0 aliphatic carbocycles. The average Bonchev–Trinajstić information content (AvgIpc) is 3.28. The van der Waals surface area contributed by atoms with Gasteiger partial charge in [0.15, 0.2) is 17.1 Å². The van der Waals surface area contributed by atoms with E-state index in [9.17, 15) is 9.59 Å². The van der Waals surface area contributed by atoms with Crippen molar-refractivity contribution in [1.82, 2.24) is 24.4 Å². The number of aryl methyl sites for hydroxylation is 1. The Morgan fingerprint density at radius 2 is 1.83 bits per heavy atom. The first-order valence-corrected chi connectivity index (χ1v) is 9.26. The number of nitrogens with zero attached hydrogens (tertiary/aromatic N) is 5. The normalized spacial score (nSPS) is 11.2. The molecule has 148 valence electrons. The molecule has 0 saturated carbocycles. The van der Waals surface area contributed by atoms with Gasteiger partial charge >= 0.3 is 5.76 Å². The Bertz CT molecular complexity index is 1450. The molecule has 0 unspecified atom stereocenters. The largest absolute Gasteiger partial charge is 0.420 e. The first kappa shape index (κ1) is 17.8. The van der Waals surface area contributed by atoms with E-state index in [1.54, 1.807) is 40.9 Å². The number of carbonyl (C=O) groups excluding carboxylic acids is 1. The van der Waals surface area contributed by atoms with Crippen LogP contribution in [0.4, 0.5) is 5.69 Å². The lowest BCUT2D eigenvalue weighted by molar-refractivity contribution is -0.116. The van der Waals surface area contributed by atoms with Crippen LogP contribution in [0.1, 0.15) is 5.82 Å². The smallest absolute Gasteiger partial charge is 0.408 e. The molecule has 1 amide bonds. The van der Waals surface area contributed by atoms with E-state index in [4.69, 9.17) is 4.42 Å². The van der Waals surface area contributed by atoms with Crippen molar-refractivity contribution in [3.05, 3.63) is 77.0 Å². The van der Waals surface area contributed by atoms with Crippen LogP contribution >= 0.6 is 0 Å². The second-order valence-corrected chi connectivity index (χ2v) is 6.78. The Kier molecular flexibility index (Phi) is 4.13. The van der Waals surface area contributed by atoms with Gasteiger partial charge in [-0.1, -0.05) is 24.3 Å². The summed E-state index contributed by atoms with van der Waals surface area (Å²) in [5, 5.41) is 15.4. The minimum Gasteiger partial charge on any atom is -0.408 e. The zero-order chi connectivity index (χ0) is 20.7. The van der Waals surface area contributed by atoms with Gasteiger partial charge in [-0.15, -0.1) is 10.2 Å². The Balaban J connectivity index is 1.34. The van der Waals surface area contributed by atoms with Crippen molar-refractivity contribution < 1.29 is 9.21 Å². The topological polar surface area (TPSA) is 107 Å². The predicted molar refractivity (Wildman–Crippen MR) is 110 cm³/mol. The van der Waals surface area contributed by atoms with E-state index in [1.807, 2.05) is 31.2 Å². The summed E-state index contributed by atoms with van der Waals surface area (Å²) in [4.78, 5) is 24.5. The molecule has 9 nitrogen and oxygen atoms in total. The SMILES string of the molecule is Cc1nnc2ccc(-c3ccc(NC(=O)Cn4c(=O)oc5ccccc54)cc3)nn12. The first-order chi connectivity index (χ1) is 14.6. The molecule has 2 aromatic carbocycles. The molecule has 1 N–H and O–H groups in total. The molecule has 3 heterocycles. The monoisotopic (exact) mass is 400 g/mol. The molecule has 0 atom stereocenters. The highest BCUT2D eigenvalue weighted by Gasteiger charge is 2.13. The summed E-state index contributed by atoms with van der Waals surface area (Å²) in [6, 6.07) is 18.0. The molecule has 5 aromatic rings. The molecule has 30 heavy (non-hydrogen) atoms. The third-order valence-electron chi connectivity index (χ3n) is 4.76. The minimum absolute atomic E-state index is 0.136. The zero-order valence-electron chi connectivity index (χ0n) is 15.9. The van der Waals surface area contributed by atoms with E-state index in [2.05, 4.69) is 20.6 Å².